The van der Waals surface area contributed by atoms with Gasteiger partial charge in [0.2, 0.25) is 6.79 Å². The zero-order chi connectivity index (χ0) is 16.1. The Labute approximate surface area is 142 Å². The molecule has 2 bridgehead atoms. The predicted octanol–water partition coefficient (Wildman–Crippen LogP) is 3.55. The molecule has 4 heteroatoms. The van der Waals surface area contributed by atoms with E-state index in [1.165, 1.54) is 31.2 Å². The quantitative estimate of drug-likeness (QED) is 0.850. The van der Waals surface area contributed by atoms with Crippen molar-refractivity contribution in [3.8, 4) is 11.5 Å². The Morgan fingerprint density at radius 3 is 2.83 bits per heavy atom. The molecule has 2 aliphatic carbocycles. The summed E-state index contributed by atoms with van der Waals surface area (Å²) in [6, 6.07) is 4.08. The first kappa shape index (κ1) is 14.5. The maximum absolute atomic E-state index is 12.7. The minimum absolute atomic E-state index is 0.286. The summed E-state index contributed by atoms with van der Waals surface area (Å²) in [5, 5.41) is 0. The van der Waals surface area contributed by atoms with Crippen LogP contribution in [0.15, 0.2) is 17.1 Å². The molecule has 2 fully saturated rings. The lowest BCUT2D eigenvalue weighted by atomic mass is 9.84. The van der Waals surface area contributed by atoms with Gasteiger partial charge in [-0.3, -0.25) is 9.79 Å². The molecule has 5 rings (SSSR count). The number of aliphatic imine (C=N–C) groups is 1. The van der Waals surface area contributed by atoms with Crippen LogP contribution in [-0.4, -0.2) is 24.8 Å². The van der Waals surface area contributed by atoms with Crippen LogP contribution in [0.1, 0.15) is 49.7 Å². The van der Waals surface area contributed by atoms with Gasteiger partial charge in [0.1, 0.15) is 5.78 Å². The molecule has 2 saturated carbocycles. The van der Waals surface area contributed by atoms with Gasteiger partial charge in [-0.05, 0) is 61.1 Å². The van der Waals surface area contributed by atoms with Crippen LogP contribution in [-0.2, 0) is 11.2 Å². The highest BCUT2D eigenvalue weighted by atomic mass is 16.7. The fourth-order valence-corrected chi connectivity index (χ4v) is 5.18. The number of Topliss-reactive ketones (excluding diaryl/α,β-unsaturated/α-hetero) is 1. The van der Waals surface area contributed by atoms with Crippen molar-refractivity contribution in [3.63, 3.8) is 0 Å². The van der Waals surface area contributed by atoms with Crippen LogP contribution in [0.25, 0.3) is 0 Å². The van der Waals surface area contributed by atoms with Gasteiger partial charge < -0.3 is 9.47 Å². The van der Waals surface area contributed by atoms with Gasteiger partial charge in [-0.15, -0.1) is 0 Å². The van der Waals surface area contributed by atoms with Gasteiger partial charge in [0, 0.05) is 30.7 Å². The standard InChI is InChI=1S/C20H23NO3/c22-16(7-15-6-12-1-2-13(15)5-12)9-18-17-10-20-19(23-11-24-20)8-14(17)3-4-21-18/h8,10,12-13,15H,1-7,9,11H2/t12-,13+,15-/m0/s1. The second-order valence-corrected chi connectivity index (χ2v) is 7.80. The van der Waals surface area contributed by atoms with Gasteiger partial charge in [0.25, 0.3) is 0 Å². The lowest BCUT2D eigenvalue weighted by molar-refractivity contribution is -0.119. The first-order chi connectivity index (χ1) is 11.8. The number of ketones is 1. The summed E-state index contributed by atoms with van der Waals surface area (Å²) in [6.45, 7) is 1.05. The highest BCUT2D eigenvalue weighted by molar-refractivity contribution is 6.12. The Morgan fingerprint density at radius 2 is 2.04 bits per heavy atom. The van der Waals surface area contributed by atoms with Crippen LogP contribution in [0.5, 0.6) is 11.5 Å². The molecule has 24 heavy (non-hydrogen) atoms. The zero-order valence-corrected chi connectivity index (χ0v) is 13.9. The molecule has 0 saturated heterocycles. The van der Waals surface area contributed by atoms with Crippen molar-refractivity contribution in [3.05, 3.63) is 23.3 Å². The molecule has 0 N–H and O–H groups in total. The molecule has 4 nitrogen and oxygen atoms in total. The first-order valence-corrected chi connectivity index (χ1v) is 9.24. The monoisotopic (exact) mass is 325 g/mol. The number of nitrogens with zero attached hydrogens (tertiary/aromatic N) is 1. The van der Waals surface area contributed by atoms with Crippen molar-refractivity contribution in [2.45, 2.75) is 44.9 Å². The van der Waals surface area contributed by atoms with Crippen molar-refractivity contribution in [2.24, 2.45) is 22.7 Å². The van der Waals surface area contributed by atoms with Gasteiger partial charge in [0.15, 0.2) is 11.5 Å². The Bertz CT molecular complexity index is 724. The van der Waals surface area contributed by atoms with E-state index in [4.69, 9.17) is 9.47 Å². The van der Waals surface area contributed by atoms with Crippen LogP contribution in [0.3, 0.4) is 0 Å². The molecule has 1 aromatic rings. The molecule has 126 valence electrons. The third kappa shape index (κ3) is 2.43. The molecule has 0 radical (unpaired) electrons. The zero-order valence-electron chi connectivity index (χ0n) is 13.9. The lowest BCUT2D eigenvalue weighted by Gasteiger charge is -2.22. The summed E-state index contributed by atoms with van der Waals surface area (Å²) in [5.74, 6) is 4.31. The Morgan fingerprint density at radius 1 is 1.17 bits per heavy atom. The first-order valence-electron chi connectivity index (χ1n) is 9.24. The summed E-state index contributed by atoms with van der Waals surface area (Å²) in [7, 11) is 0. The fourth-order valence-electron chi connectivity index (χ4n) is 5.18. The minimum Gasteiger partial charge on any atom is -0.454 e. The van der Waals surface area contributed by atoms with Crippen molar-refractivity contribution < 1.29 is 14.3 Å². The van der Waals surface area contributed by atoms with Crippen LogP contribution in [0, 0.1) is 17.8 Å². The van der Waals surface area contributed by atoms with Gasteiger partial charge in [-0.1, -0.05) is 6.42 Å². The van der Waals surface area contributed by atoms with E-state index in [0.29, 0.717) is 18.1 Å². The van der Waals surface area contributed by atoms with Crippen LogP contribution >= 0.6 is 0 Å². The molecular formula is C20H23NO3. The van der Waals surface area contributed by atoms with Crippen LogP contribution in [0.4, 0.5) is 0 Å². The number of rotatable bonds is 4. The number of fused-ring (bicyclic) bond motifs is 4. The smallest absolute Gasteiger partial charge is 0.231 e. The Balaban J connectivity index is 1.31. The maximum Gasteiger partial charge on any atom is 0.231 e. The normalized spacial score (nSPS) is 29.5. The van der Waals surface area contributed by atoms with Crippen LogP contribution < -0.4 is 9.47 Å². The largest absolute Gasteiger partial charge is 0.454 e. The number of carbonyl (C=O) groups is 1. The lowest BCUT2D eigenvalue weighted by Crippen LogP contribution is -2.20. The Kier molecular flexibility index (Phi) is 3.39. The summed E-state index contributed by atoms with van der Waals surface area (Å²) >= 11 is 0. The number of carbonyl (C=O) groups excluding carboxylic acids is 1. The average Bonchev–Trinajstić information content (AvgIpc) is 3.29. The molecule has 2 aliphatic heterocycles. The summed E-state index contributed by atoms with van der Waals surface area (Å²) in [5.41, 5.74) is 3.27. The van der Waals surface area contributed by atoms with Crippen molar-refractivity contribution >= 4 is 11.5 Å². The number of hydrogen-bond acceptors (Lipinski definition) is 4. The molecule has 1 aromatic carbocycles. The van der Waals surface area contributed by atoms with E-state index in [0.717, 1.165) is 54.0 Å². The van der Waals surface area contributed by atoms with Crippen LogP contribution in [0.2, 0.25) is 0 Å². The summed E-state index contributed by atoms with van der Waals surface area (Å²) < 4.78 is 11.0. The molecule has 0 aromatic heterocycles. The fraction of sp³-hybridized carbons (Fsp3) is 0.600. The van der Waals surface area contributed by atoms with E-state index in [9.17, 15) is 4.79 Å². The van der Waals surface area contributed by atoms with Crippen molar-refractivity contribution in [1.29, 1.82) is 0 Å². The van der Waals surface area contributed by atoms with Gasteiger partial charge >= 0.3 is 0 Å². The van der Waals surface area contributed by atoms with Crippen molar-refractivity contribution in [1.82, 2.24) is 0 Å². The SMILES string of the molecule is O=C(CC1=NCCc2cc3c(cc21)OCO3)C[C@@H]1C[C@H]2CC[C@@H]1C2. The van der Waals surface area contributed by atoms with E-state index in [2.05, 4.69) is 11.1 Å². The third-order valence-electron chi connectivity index (χ3n) is 6.33. The van der Waals surface area contributed by atoms with E-state index >= 15 is 0 Å². The Hall–Kier alpha value is -1.84. The average molecular weight is 325 g/mol. The van der Waals surface area contributed by atoms with E-state index < -0.39 is 0 Å². The molecule has 0 unspecified atom stereocenters. The summed E-state index contributed by atoms with van der Waals surface area (Å²) in [4.78, 5) is 17.3. The number of hydrogen-bond donors (Lipinski definition) is 0. The molecule has 0 spiro atoms. The van der Waals surface area contributed by atoms with E-state index in [1.54, 1.807) is 0 Å². The number of ether oxygens (including phenoxy) is 2. The highest BCUT2D eigenvalue weighted by Crippen LogP contribution is 2.49. The highest BCUT2D eigenvalue weighted by Gasteiger charge is 2.40. The predicted molar refractivity (Wildman–Crippen MR) is 90.9 cm³/mol. The molecular weight excluding hydrogens is 302 g/mol. The molecule has 2 heterocycles. The molecule has 0 amide bonds. The van der Waals surface area contributed by atoms with E-state index in [-0.39, 0.29) is 6.79 Å². The molecule has 4 aliphatic rings. The van der Waals surface area contributed by atoms with Crippen molar-refractivity contribution in [2.75, 3.05) is 13.3 Å². The van der Waals surface area contributed by atoms with Gasteiger partial charge in [0.05, 0.1) is 0 Å². The number of benzene rings is 1. The minimum atomic E-state index is 0.286. The summed E-state index contributed by atoms with van der Waals surface area (Å²) in [6.07, 6.45) is 7.51. The second kappa shape index (κ2) is 5.61. The topological polar surface area (TPSA) is 47.9 Å². The molecule has 3 atom stereocenters. The van der Waals surface area contributed by atoms with Gasteiger partial charge in [-0.2, -0.15) is 0 Å². The third-order valence-corrected chi connectivity index (χ3v) is 6.33. The maximum atomic E-state index is 12.7. The van der Waals surface area contributed by atoms with Gasteiger partial charge in [-0.25, -0.2) is 0 Å². The van der Waals surface area contributed by atoms with E-state index in [1.807, 2.05) is 6.07 Å². The second-order valence-electron chi connectivity index (χ2n) is 7.80.